The lowest BCUT2D eigenvalue weighted by Gasteiger charge is -2.30. The molecule has 1 atom stereocenters. The van der Waals surface area contributed by atoms with E-state index in [9.17, 15) is 22.0 Å². The van der Waals surface area contributed by atoms with Crippen LogP contribution in [0, 0.1) is 0 Å². The van der Waals surface area contributed by atoms with Gasteiger partial charge in [0, 0.05) is 25.4 Å². The third-order valence-corrected chi connectivity index (χ3v) is 7.29. The molecule has 2 N–H and O–H groups in total. The molecule has 0 aliphatic heterocycles. The molecule has 10 heteroatoms. The fourth-order valence-electron chi connectivity index (χ4n) is 2.86. The third-order valence-electron chi connectivity index (χ3n) is 4.40. The summed E-state index contributed by atoms with van der Waals surface area (Å²) in [5, 5.41) is 9.25. The number of rotatable bonds is 11. The second-order valence-electron chi connectivity index (χ2n) is 6.65. The topological polar surface area (TPSA) is 113 Å². The van der Waals surface area contributed by atoms with Crippen molar-refractivity contribution in [2.45, 2.75) is 23.9 Å². The molecule has 0 aliphatic carbocycles. The van der Waals surface area contributed by atoms with Crippen LogP contribution in [0.25, 0.3) is 0 Å². The molecular weight excluding hydrogens is 416 g/mol. The first-order chi connectivity index (χ1) is 13.7. The highest BCUT2D eigenvalue weighted by Crippen LogP contribution is 2.24. The monoisotopic (exact) mass is 442 g/mol. The van der Waals surface area contributed by atoms with Crippen molar-refractivity contribution in [3.05, 3.63) is 60.2 Å². The Morgan fingerprint density at radius 3 is 2.17 bits per heavy atom. The molecule has 0 saturated carbocycles. The summed E-state index contributed by atoms with van der Waals surface area (Å²) in [6.07, 6.45) is 1.13. The molecule has 1 unspecified atom stereocenters. The smallest absolute Gasteiger partial charge is 0.243 e. The van der Waals surface area contributed by atoms with E-state index in [0.29, 0.717) is 5.75 Å². The number of sulfonamides is 1. The molecule has 160 valence electrons. The number of nitrogens with one attached hydrogen (secondary N) is 1. The van der Waals surface area contributed by atoms with Crippen molar-refractivity contribution in [2.75, 3.05) is 25.7 Å². The summed E-state index contributed by atoms with van der Waals surface area (Å²) in [6.45, 7) is -0.0803. The Balaban J connectivity index is 2.45. The number of ether oxygens (including phenoxy) is 1. The molecule has 2 aromatic rings. The van der Waals surface area contributed by atoms with E-state index in [1.165, 1.54) is 23.5 Å². The summed E-state index contributed by atoms with van der Waals surface area (Å²) in [4.78, 5) is 0.0523. The van der Waals surface area contributed by atoms with Gasteiger partial charge in [0.15, 0.2) is 0 Å². The third kappa shape index (κ3) is 6.79. The van der Waals surface area contributed by atoms with Gasteiger partial charge in [0.2, 0.25) is 10.0 Å². The molecule has 8 nitrogen and oxygen atoms in total. The predicted molar refractivity (Wildman–Crippen MR) is 110 cm³/mol. The van der Waals surface area contributed by atoms with Crippen LogP contribution in [0.15, 0.2) is 59.5 Å². The minimum atomic E-state index is -3.98. The molecule has 2 aromatic carbocycles. The first-order valence-corrected chi connectivity index (χ1v) is 12.4. The maximum atomic E-state index is 13.4. The van der Waals surface area contributed by atoms with Gasteiger partial charge in [0.05, 0.1) is 17.8 Å². The molecular formula is C19H26N2O6S2. The zero-order valence-electron chi connectivity index (χ0n) is 16.4. The second-order valence-corrected chi connectivity index (χ2v) is 10.8. The van der Waals surface area contributed by atoms with Gasteiger partial charge < -0.3 is 9.94 Å². The van der Waals surface area contributed by atoms with Gasteiger partial charge in [0.1, 0.15) is 15.6 Å². The lowest BCUT2D eigenvalue weighted by atomic mass is 10.2. The number of methoxy groups -OCH3 is 1. The zero-order chi connectivity index (χ0) is 21.5. The Hall–Kier alpha value is -1.98. The van der Waals surface area contributed by atoms with Crippen LogP contribution in [0.3, 0.4) is 0 Å². The number of sulfone groups is 1. The minimum absolute atomic E-state index is 0.0330. The van der Waals surface area contributed by atoms with Crippen molar-refractivity contribution >= 4 is 19.9 Å². The average molecular weight is 443 g/mol. The highest BCUT2D eigenvalue weighted by Gasteiger charge is 2.32. The fourth-order valence-corrected chi connectivity index (χ4v) is 5.20. The second kappa shape index (κ2) is 10.2. The molecule has 0 bridgehead atoms. The summed E-state index contributed by atoms with van der Waals surface area (Å²) in [5.74, 6) is 0.312. The van der Waals surface area contributed by atoms with E-state index in [-0.39, 0.29) is 30.2 Å². The van der Waals surface area contributed by atoms with Gasteiger partial charge in [-0.1, -0.05) is 30.3 Å². The summed E-state index contributed by atoms with van der Waals surface area (Å²) >= 11 is 0. The first kappa shape index (κ1) is 23.3. The van der Waals surface area contributed by atoms with Crippen LogP contribution in [0.5, 0.6) is 5.75 Å². The van der Waals surface area contributed by atoms with E-state index >= 15 is 0 Å². The van der Waals surface area contributed by atoms with E-state index in [1.807, 2.05) is 11.5 Å². The SMILES string of the molecule is COc1ccc(S(=O)(=O)N(Cc2ccccc2)C(CCS(C)(=O)=O)CNO)cc1. The van der Waals surface area contributed by atoms with E-state index in [1.54, 1.807) is 36.4 Å². The summed E-state index contributed by atoms with van der Waals surface area (Å²) in [5.41, 5.74) is 2.73. The van der Waals surface area contributed by atoms with Crippen molar-refractivity contribution in [1.29, 1.82) is 0 Å². The van der Waals surface area contributed by atoms with E-state index < -0.39 is 25.9 Å². The van der Waals surface area contributed by atoms with Crippen LogP contribution in [0.2, 0.25) is 0 Å². The fraction of sp³-hybridized carbons (Fsp3) is 0.368. The maximum Gasteiger partial charge on any atom is 0.243 e. The van der Waals surface area contributed by atoms with Crippen LogP contribution < -0.4 is 10.2 Å². The van der Waals surface area contributed by atoms with Crippen LogP contribution >= 0.6 is 0 Å². The minimum Gasteiger partial charge on any atom is -0.497 e. The Labute approximate surface area is 172 Å². The van der Waals surface area contributed by atoms with Crippen LogP contribution in [0.4, 0.5) is 0 Å². The Bertz CT molecular complexity index is 977. The summed E-state index contributed by atoms with van der Waals surface area (Å²) in [7, 11) is -5.81. The Morgan fingerprint density at radius 1 is 1.03 bits per heavy atom. The van der Waals surface area contributed by atoms with Gasteiger partial charge in [-0.3, -0.25) is 0 Å². The Kier molecular flexibility index (Phi) is 8.17. The van der Waals surface area contributed by atoms with Crippen molar-refractivity contribution in [1.82, 2.24) is 9.79 Å². The molecule has 0 spiro atoms. The van der Waals surface area contributed by atoms with Crippen molar-refractivity contribution in [3.8, 4) is 5.75 Å². The highest BCUT2D eigenvalue weighted by atomic mass is 32.2. The van der Waals surface area contributed by atoms with Crippen LogP contribution in [-0.2, 0) is 26.4 Å². The normalized spacial score (nSPS) is 13.4. The lowest BCUT2D eigenvalue weighted by molar-refractivity contribution is 0.136. The number of hydrogen-bond donors (Lipinski definition) is 2. The van der Waals surface area contributed by atoms with Gasteiger partial charge in [-0.2, -0.15) is 4.31 Å². The molecule has 29 heavy (non-hydrogen) atoms. The van der Waals surface area contributed by atoms with E-state index in [2.05, 4.69) is 0 Å². The number of hydroxylamine groups is 1. The van der Waals surface area contributed by atoms with Gasteiger partial charge >= 0.3 is 0 Å². The quantitative estimate of drug-likeness (QED) is 0.509. The van der Waals surface area contributed by atoms with Crippen LogP contribution in [-0.4, -0.2) is 58.1 Å². The molecule has 0 amide bonds. The number of nitrogens with zero attached hydrogens (tertiary/aromatic N) is 1. The first-order valence-electron chi connectivity index (χ1n) is 8.92. The molecule has 0 saturated heterocycles. The van der Waals surface area contributed by atoms with Gasteiger partial charge in [0.25, 0.3) is 0 Å². The summed E-state index contributed by atoms with van der Waals surface area (Å²) in [6, 6.07) is 14.2. The van der Waals surface area contributed by atoms with Crippen molar-refractivity contribution in [2.24, 2.45) is 0 Å². The molecule has 0 fully saturated rings. The number of benzene rings is 2. The summed E-state index contributed by atoms with van der Waals surface area (Å²) < 4.78 is 56.4. The van der Waals surface area contributed by atoms with Gasteiger partial charge in [-0.25, -0.2) is 22.3 Å². The Morgan fingerprint density at radius 2 is 1.66 bits per heavy atom. The highest BCUT2D eigenvalue weighted by molar-refractivity contribution is 7.90. The van der Waals surface area contributed by atoms with E-state index in [4.69, 9.17) is 4.74 Å². The largest absolute Gasteiger partial charge is 0.497 e. The lowest BCUT2D eigenvalue weighted by Crippen LogP contribution is -2.45. The molecule has 0 aromatic heterocycles. The van der Waals surface area contributed by atoms with Gasteiger partial charge in [-0.15, -0.1) is 0 Å². The zero-order valence-corrected chi connectivity index (χ0v) is 18.0. The van der Waals surface area contributed by atoms with Crippen molar-refractivity contribution < 1.29 is 26.8 Å². The molecule has 2 rings (SSSR count). The number of hydrogen-bond acceptors (Lipinski definition) is 7. The average Bonchev–Trinajstić information content (AvgIpc) is 2.69. The van der Waals surface area contributed by atoms with Crippen LogP contribution in [0.1, 0.15) is 12.0 Å². The molecule has 0 aliphatic rings. The van der Waals surface area contributed by atoms with Gasteiger partial charge in [-0.05, 0) is 36.2 Å². The van der Waals surface area contributed by atoms with E-state index in [0.717, 1.165) is 11.8 Å². The standard InChI is InChI=1S/C19H26N2O6S2/c1-27-18-8-10-19(11-9-18)29(25,26)21(15-16-6-4-3-5-7-16)17(14-20-22)12-13-28(2,23)24/h3-11,17,20,22H,12-15H2,1-2H3. The maximum absolute atomic E-state index is 13.4. The predicted octanol–water partition coefficient (Wildman–Crippen LogP) is 1.67. The van der Waals surface area contributed by atoms with Crippen molar-refractivity contribution in [3.63, 3.8) is 0 Å². The molecule has 0 heterocycles. The molecule has 0 radical (unpaired) electrons.